The van der Waals surface area contributed by atoms with Crippen molar-refractivity contribution in [3.05, 3.63) is 34.9 Å². The van der Waals surface area contributed by atoms with Gasteiger partial charge in [0.05, 0.1) is 6.61 Å². The fourth-order valence-corrected chi connectivity index (χ4v) is 4.80. The number of aryl methyl sites for hydroxylation is 1. The van der Waals surface area contributed by atoms with Crippen molar-refractivity contribution < 1.29 is 5.11 Å². The van der Waals surface area contributed by atoms with Gasteiger partial charge in [-0.15, -0.1) is 0 Å². The highest BCUT2D eigenvalue weighted by Gasteiger charge is 2.36. The highest BCUT2D eigenvalue weighted by atomic mass is 16.3. The summed E-state index contributed by atoms with van der Waals surface area (Å²) in [5.41, 5.74) is 10.5. The van der Waals surface area contributed by atoms with Crippen molar-refractivity contribution >= 4 is 0 Å². The summed E-state index contributed by atoms with van der Waals surface area (Å²) in [5, 5.41) is 9.49. The Morgan fingerprint density at radius 1 is 1.17 bits per heavy atom. The Balaban J connectivity index is 1.58. The number of hydrogen-bond acceptors (Lipinski definition) is 2. The first-order chi connectivity index (χ1) is 11.6. The molecule has 3 N–H and O–H groups in total. The quantitative estimate of drug-likeness (QED) is 0.711. The zero-order valence-electron chi connectivity index (χ0n) is 15.4. The molecule has 2 heteroatoms. The zero-order chi connectivity index (χ0) is 17.0. The first-order valence-corrected chi connectivity index (χ1v) is 10.1. The van der Waals surface area contributed by atoms with Gasteiger partial charge in [0.15, 0.2) is 0 Å². The van der Waals surface area contributed by atoms with Gasteiger partial charge in [0.25, 0.3) is 0 Å². The van der Waals surface area contributed by atoms with Crippen LogP contribution in [0.5, 0.6) is 0 Å². The van der Waals surface area contributed by atoms with Gasteiger partial charge in [0.1, 0.15) is 0 Å². The molecule has 0 aromatic heterocycles. The maximum Gasteiger partial charge on any atom is 0.0611 e. The van der Waals surface area contributed by atoms with Gasteiger partial charge in [0, 0.05) is 5.54 Å². The number of nitrogens with two attached hydrogens (primary N) is 1. The smallest absolute Gasteiger partial charge is 0.0611 e. The molecule has 3 rings (SSSR count). The third-order valence-corrected chi connectivity index (χ3v) is 6.46. The minimum absolute atomic E-state index is 0.119. The maximum absolute atomic E-state index is 9.49. The molecule has 1 saturated carbocycles. The minimum Gasteiger partial charge on any atom is -0.394 e. The van der Waals surface area contributed by atoms with E-state index in [1.807, 2.05) is 0 Å². The third kappa shape index (κ3) is 4.21. The fourth-order valence-electron chi connectivity index (χ4n) is 4.80. The Kier molecular flexibility index (Phi) is 5.99. The van der Waals surface area contributed by atoms with Crippen molar-refractivity contribution in [3.8, 4) is 0 Å². The van der Waals surface area contributed by atoms with E-state index in [-0.39, 0.29) is 12.1 Å². The topological polar surface area (TPSA) is 46.2 Å². The zero-order valence-corrected chi connectivity index (χ0v) is 15.4. The second-order valence-corrected chi connectivity index (χ2v) is 8.45. The molecule has 2 aliphatic rings. The molecule has 0 aliphatic heterocycles. The third-order valence-electron chi connectivity index (χ3n) is 6.46. The van der Waals surface area contributed by atoms with Gasteiger partial charge in [-0.1, -0.05) is 57.2 Å². The van der Waals surface area contributed by atoms with Crippen LogP contribution in [0.4, 0.5) is 0 Å². The van der Waals surface area contributed by atoms with E-state index in [0.717, 1.165) is 25.2 Å². The Morgan fingerprint density at radius 3 is 2.79 bits per heavy atom. The minimum atomic E-state index is -0.343. The van der Waals surface area contributed by atoms with Crippen LogP contribution in [0.3, 0.4) is 0 Å². The van der Waals surface area contributed by atoms with Crippen LogP contribution in [0.1, 0.15) is 87.3 Å². The summed E-state index contributed by atoms with van der Waals surface area (Å²) < 4.78 is 0. The largest absolute Gasteiger partial charge is 0.394 e. The molecule has 0 spiro atoms. The Bertz CT molecular complexity index is 541. The van der Waals surface area contributed by atoms with Crippen molar-refractivity contribution in [3.63, 3.8) is 0 Å². The van der Waals surface area contributed by atoms with Crippen molar-refractivity contribution in [2.45, 2.75) is 89.0 Å². The standard InChI is InChI=1S/C22H35NO/c1-2-3-4-5-6-17-7-8-19-14-20(10-9-18(19)13-17)21-11-12-22(23,15-21)16-24/h9-10,14,17,21,24H,2-8,11-13,15-16,23H2,1H3/t17-,21+,22+/m1/s1. The second-order valence-electron chi connectivity index (χ2n) is 8.45. The van der Waals surface area contributed by atoms with E-state index < -0.39 is 0 Å². The fraction of sp³-hybridized carbons (Fsp3) is 0.727. The summed E-state index contributed by atoms with van der Waals surface area (Å²) in [6, 6.07) is 7.18. The SMILES string of the molecule is CCCCCC[C@@H]1CCc2cc([C@H]3CC[C@@](N)(CO)C3)ccc2C1. The monoisotopic (exact) mass is 329 g/mol. The van der Waals surface area contributed by atoms with Gasteiger partial charge >= 0.3 is 0 Å². The summed E-state index contributed by atoms with van der Waals surface area (Å²) in [6.07, 6.45) is 13.9. The van der Waals surface area contributed by atoms with Crippen LogP contribution in [-0.4, -0.2) is 17.3 Å². The lowest BCUT2D eigenvalue weighted by Gasteiger charge is -2.26. The van der Waals surface area contributed by atoms with Crippen molar-refractivity contribution in [2.75, 3.05) is 6.61 Å². The molecule has 0 saturated heterocycles. The highest BCUT2D eigenvalue weighted by Crippen LogP contribution is 2.40. The van der Waals surface area contributed by atoms with E-state index in [2.05, 4.69) is 25.1 Å². The van der Waals surface area contributed by atoms with Gasteiger partial charge < -0.3 is 10.8 Å². The lowest BCUT2D eigenvalue weighted by molar-refractivity contribution is 0.198. The number of benzene rings is 1. The van der Waals surface area contributed by atoms with Crippen molar-refractivity contribution in [1.82, 2.24) is 0 Å². The average molecular weight is 330 g/mol. The van der Waals surface area contributed by atoms with E-state index in [1.54, 1.807) is 11.1 Å². The predicted octanol–water partition coefficient (Wildman–Crippen LogP) is 4.72. The van der Waals surface area contributed by atoms with E-state index in [9.17, 15) is 5.11 Å². The molecule has 0 bridgehead atoms. The first-order valence-electron chi connectivity index (χ1n) is 10.1. The molecule has 3 atom stereocenters. The van der Waals surface area contributed by atoms with Crippen LogP contribution < -0.4 is 5.73 Å². The van der Waals surface area contributed by atoms with Crippen LogP contribution in [0.2, 0.25) is 0 Å². The van der Waals surface area contributed by atoms with Crippen LogP contribution in [0.25, 0.3) is 0 Å². The lowest BCUT2D eigenvalue weighted by atomic mass is 9.79. The summed E-state index contributed by atoms with van der Waals surface area (Å²) in [5.74, 6) is 1.44. The molecule has 1 fully saturated rings. The molecule has 0 radical (unpaired) electrons. The Morgan fingerprint density at radius 2 is 2.04 bits per heavy atom. The van der Waals surface area contributed by atoms with E-state index in [0.29, 0.717) is 5.92 Å². The maximum atomic E-state index is 9.49. The molecule has 0 unspecified atom stereocenters. The molecule has 1 aromatic rings. The van der Waals surface area contributed by atoms with E-state index in [1.165, 1.54) is 56.9 Å². The van der Waals surface area contributed by atoms with Crippen LogP contribution in [0.15, 0.2) is 18.2 Å². The molecule has 1 aromatic carbocycles. The van der Waals surface area contributed by atoms with E-state index >= 15 is 0 Å². The molecule has 0 amide bonds. The summed E-state index contributed by atoms with van der Waals surface area (Å²) in [4.78, 5) is 0. The average Bonchev–Trinajstić information content (AvgIpc) is 3.01. The molecule has 2 aliphatic carbocycles. The van der Waals surface area contributed by atoms with Crippen LogP contribution in [-0.2, 0) is 12.8 Å². The molecular formula is C22H35NO. The number of rotatable bonds is 7. The van der Waals surface area contributed by atoms with Gasteiger partial charge in [-0.2, -0.15) is 0 Å². The van der Waals surface area contributed by atoms with Crippen molar-refractivity contribution in [2.24, 2.45) is 11.7 Å². The summed E-state index contributed by atoms with van der Waals surface area (Å²) >= 11 is 0. The van der Waals surface area contributed by atoms with Crippen LogP contribution in [0, 0.1) is 5.92 Å². The Labute approximate surface area is 147 Å². The van der Waals surface area contributed by atoms with Gasteiger partial charge in [-0.3, -0.25) is 0 Å². The number of fused-ring (bicyclic) bond motifs is 1. The normalized spacial score (nSPS) is 29.6. The summed E-state index contributed by atoms with van der Waals surface area (Å²) in [7, 11) is 0. The molecule has 0 heterocycles. The number of hydrogen-bond donors (Lipinski definition) is 2. The molecule has 24 heavy (non-hydrogen) atoms. The number of aliphatic hydroxyl groups is 1. The van der Waals surface area contributed by atoms with Gasteiger partial charge in [0.2, 0.25) is 0 Å². The van der Waals surface area contributed by atoms with Gasteiger partial charge in [-0.25, -0.2) is 0 Å². The number of aliphatic hydroxyl groups excluding tert-OH is 1. The summed E-state index contributed by atoms with van der Waals surface area (Å²) in [6.45, 7) is 2.40. The predicted molar refractivity (Wildman–Crippen MR) is 101 cm³/mol. The lowest BCUT2D eigenvalue weighted by Crippen LogP contribution is -2.40. The number of unbranched alkanes of at least 4 members (excludes halogenated alkanes) is 3. The van der Waals surface area contributed by atoms with Crippen molar-refractivity contribution in [1.29, 1.82) is 0 Å². The molecule has 134 valence electrons. The van der Waals surface area contributed by atoms with Gasteiger partial charge in [-0.05, 0) is 67.1 Å². The second kappa shape index (κ2) is 8.01. The first kappa shape index (κ1) is 17.9. The highest BCUT2D eigenvalue weighted by molar-refractivity contribution is 5.36. The van der Waals surface area contributed by atoms with E-state index in [4.69, 9.17) is 5.73 Å². The van der Waals surface area contributed by atoms with Crippen LogP contribution >= 0.6 is 0 Å². The molecular weight excluding hydrogens is 294 g/mol. The Hall–Kier alpha value is -0.860. The molecule has 2 nitrogen and oxygen atoms in total.